The quantitative estimate of drug-likeness (QED) is 0.520. The first-order valence-electron chi connectivity index (χ1n) is 6.52. The van der Waals surface area contributed by atoms with Crippen LogP contribution < -0.4 is 0 Å². The van der Waals surface area contributed by atoms with E-state index in [4.69, 9.17) is 4.74 Å². The molecule has 0 radical (unpaired) electrons. The molecule has 5 nitrogen and oxygen atoms in total. The lowest BCUT2D eigenvalue weighted by molar-refractivity contribution is -0.143. The summed E-state index contributed by atoms with van der Waals surface area (Å²) in [6.45, 7) is 2.38. The Balaban J connectivity index is 2.28. The van der Waals surface area contributed by atoms with E-state index in [1.54, 1.807) is 0 Å². The van der Waals surface area contributed by atoms with Crippen LogP contribution in [0.15, 0.2) is 11.8 Å². The molecule has 1 heterocycles. The van der Waals surface area contributed by atoms with Crippen molar-refractivity contribution in [1.82, 2.24) is 0 Å². The van der Waals surface area contributed by atoms with Crippen LogP contribution in [0.2, 0.25) is 0 Å². The van der Waals surface area contributed by atoms with Crippen LogP contribution in [0.5, 0.6) is 0 Å². The second kappa shape index (κ2) is 7.71. The number of ketones is 2. The van der Waals surface area contributed by atoms with Gasteiger partial charge in [0.2, 0.25) is 0 Å². The van der Waals surface area contributed by atoms with Crippen LogP contribution in [-0.4, -0.2) is 31.3 Å². The Morgan fingerprint density at radius 2 is 2.21 bits per heavy atom. The Hall–Kier alpha value is -1.65. The number of Topliss-reactive ketones (excluding diaryl/α,β-unsaturated/α-hetero) is 1. The maximum Gasteiger partial charge on any atom is 0.313 e. The zero-order valence-corrected chi connectivity index (χ0v) is 11.4. The molecule has 1 aliphatic heterocycles. The molecule has 0 saturated heterocycles. The van der Waals surface area contributed by atoms with Crippen molar-refractivity contribution < 1.29 is 23.9 Å². The molecule has 1 aliphatic rings. The molecular weight excluding hydrogens is 248 g/mol. The molecule has 19 heavy (non-hydrogen) atoms. The summed E-state index contributed by atoms with van der Waals surface area (Å²) in [7, 11) is 1.26. The SMILES string of the molecule is CC[C@@H]1COC(CCCC(=O)CC(=O)OC)=CC1=O. The van der Waals surface area contributed by atoms with Gasteiger partial charge < -0.3 is 9.47 Å². The smallest absolute Gasteiger partial charge is 0.313 e. The van der Waals surface area contributed by atoms with Gasteiger partial charge in [-0.25, -0.2) is 0 Å². The third-order valence-electron chi connectivity index (χ3n) is 3.12. The van der Waals surface area contributed by atoms with Crippen LogP contribution in [0.25, 0.3) is 0 Å². The normalized spacial score (nSPS) is 18.5. The summed E-state index contributed by atoms with van der Waals surface area (Å²) in [4.78, 5) is 33.9. The Bertz CT molecular complexity index is 383. The van der Waals surface area contributed by atoms with Crippen molar-refractivity contribution >= 4 is 17.5 Å². The van der Waals surface area contributed by atoms with Gasteiger partial charge in [0.1, 0.15) is 12.2 Å². The van der Waals surface area contributed by atoms with Gasteiger partial charge in [0, 0.05) is 18.9 Å². The van der Waals surface area contributed by atoms with Gasteiger partial charge in [-0.2, -0.15) is 0 Å². The summed E-state index contributed by atoms with van der Waals surface area (Å²) in [6.07, 6.45) is 3.54. The molecule has 0 aromatic carbocycles. The summed E-state index contributed by atoms with van der Waals surface area (Å²) >= 11 is 0. The van der Waals surface area contributed by atoms with Gasteiger partial charge in [-0.15, -0.1) is 0 Å². The number of carbonyl (C=O) groups excluding carboxylic acids is 3. The van der Waals surface area contributed by atoms with E-state index in [1.165, 1.54) is 13.2 Å². The number of methoxy groups -OCH3 is 1. The predicted molar refractivity (Wildman–Crippen MR) is 68.3 cm³/mol. The van der Waals surface area contributed by atoms with Gasteiger partial charge in [0.15, 0.2) is 5.78 Å². The molecule has 0 fully saturated rings. The molecule has 1 atom stereocenters. The number of rotatable bonds is 7. The minimum absolute atomic E-state index is 0.0373. The molecule has 0 aromatic rings. The Morgan fingerprint density at radius 1 is 1.47 bits per heavy atom. The highest BCUT2D eigenvalue weighted by Crippen LogP contribution is 2.20. The first-order valence-corrected chi connectivity index (χ1v) is 6.52. The maximum absolute atomic E-state index is 11.6. The van der Waals surface area contributed by atoms with Crippen LogP contribution in [-0.2, 0) is 23.9 Å². The summed E-state index contributed by atoms with van der Waals surface area (Å²) in [6, 6.07) is 0. The highest BCUT2D eigenvalue weighted by atomic mass is 16.5. The van der Waals surface area contributed by atoms with Crippen molar-refractivity contribution in [2.45, 2.75) is 39.0 Å². The Kier molecular flexibility index (Phi) is 6.25. The van der Waals surface area contributed by atoms with E-state index in [0.29, 0.717) is 31.6 Å². The van der Waals surface area contributed by atoms with E-state index in [2.05, 4.69) is 4.74 Å². The van der Waals surface area contributed by atoms with E-state index in [1.807, 2.05) is 6.92 Å². The van der Waals surface area contributed by atoms with E-state index < -0.39 is 5.97 Å². The average molecular weight is 268 g/mol. The number of allylic oxidation sites excluding steroid dienone is 2. The van der Waals surface area contributed by atoms with Crippen LogP contribution in [0.3, 0.4) is 0 Å². The first kappa shape index (κ1) is 15.4. The minimum atomic E-state index is -0.515. The molecule has 1 rings (SSSR count). The Labute approximate surface area is 112 Å². The van der Waals surface area contributed by atoms with E-state index in [-0.39, 0.29) is 23.9 Å². The number of hydrogen-bond acceptors (Lipinski definition) is 5. The molecule has 0 N–H and O–H groups in total. The summed E-state index contributed by atoms with van der Waals surface area (Å²) in [5.41, 5.74) is 0. The molecular formula is C14H20O5. The van der Waals surface area contributed by atoms with Gasteiger partial charge in [0.05, 0.1) is 25.4 Å². The van der Waals surface area contributed by atoms with Gasteiger partial charge in [-0.3, -0.25) is 14.4 Å². The zero-order chi connectivity index (χ0) is 14.3. The van der Waals surface area contributed by atoms with Gasteiger partial charge in [0.25, 0.3) is 0 Å². The third kappa shape index (κ3) is 5.24. The number of carbonyl (C=O) groups is 3. The van der Waals surface area contributed by atoms with Crippen LogP contribution in [0.1, 0.15) is 39.0 Å². The summed E-state index contributed by atoms with van der Waals surface area (Å²) < 4.78 is 9.89. The van der Waals surface area contributed by atoms with E-state index in [9.17, 15) is 14.4 Å². The number of ether oxygens (including phenoxy) is 2. The molecule has 0 aliphatic carbocycles. The molecule has 106 valence electrons. The van der Waals surface area contributed by atoms with Crippen molar-refractivity contribution in [1.29, 1.82) is 0 Å². The molecule has 0 unspecified atom stereocenters. The standard InChI is InChI=1S/C14H20O5/c1-3-10-9-19-12(8-13(10)16)6-4-5-11(15)7-14(17)18-2/h8,10H,3-7,9H2,1-2H3/t10-/m1/s1. The van der Waals surface area contributed by atoms with E-state index >= 15 is 0 Å². The van der Waals surface area contributed by atoms with Gasteiger partial charge in [-0.05, 0) is 12.8 Å². The van der Waals surface area contributed by atoms with Crippen molar-refractivity contribution in [2.75, 3.05) is 13.7 Å². The second-order valence-electron chi connectivity index (χ2n) is 4.57. The fourth-order valence-corrected chi connectivity index (χ4v) is 1.85. The largest absolute Gasteiger partial charge is 0.497 e. The monoisotopic (exact) mass is 268 g/mol. The van der Waals surface area contributed by atoms with Crippen LogP contribution in [0, 0.1) is 5.92 Å². The highest BCUT2D eigenvalue weighted by molar-refractivity contribution is 5.95. The topological polar surface area (TPSA) is 69.7 Å². The van der Waals surface area contributed by atoms with E-state index in [0.717, 1.165) is 6.42 Å². The molecule has 0 bridgehead atoms. The second-order valence-corrected chi connectivity index (χ2v) is 4.57. The summed E-state index contributed by atoms with van der Waals surface area (Å²) in [5.74, 6) is 0.0371. The van der Waals surface area contributed by atoms with Crippen molar-refractivity contribution in [3.8, 4) is 0 Å². The molecule has 5 heteroatoms. The van der Waals surface area contributed by atoms with Crippen LogP contribution >= 0.6 is 0 Å². The fourth-order valence-electron chi connectivity index (χ4n) is 1.85. The van der Waals surface area contributed by atoms with Gasteiger partial charge in [-0.1, -0.05) is 6.92 Å². The average Bonchev–Trinajstić information content (AvgIpc) is 2.38. The lowest BCUT2D eigenvalue weighted by atomic mass is 9.98. The fraction of sp³-hybridized carbons (Fsp3) is 0.643. The lowest BCUT2D eigenvalue weighted by Crippen LogP contribution is -2.23. The molecule has 0 spiro atoms. The lowest BCUT2D eigenvalue weighted by Gasteiger charge is -2.20. The highest BCUT2D eigenvalue weighted by Gasteiger charge is 2.21. The van der Waals surface area contributed by atoms with Gasteiger partial charge >= 0.3 is 5.97 Å². The number of esters is 1. The zero-order valence-electron chi connectivity index (χ0n) is 11.4. The van der Waals surface area contributed by atoms with Crippen molar-refractivity contribution in [3.63, 3.8) is 0 Å². The number of hydrogen-bond donors (Lipinski definition) is 0. The van der Waals surface area contributed by atoms with Crippen LogP contribution in [0.4, 0.5) is 0 Å². The third-order valence-corrected chi connectivity index (χ3v) is 3.12. The molecule has 0 saturated carbocycles. The molecule has 0 aromatic heterocycles. The van der Waals surface area contributed by atoms with Crippen molar-refractivity contribution in [3.05, 3.63) is 11.8 Å². The van der Waals surface area contributed by atoms with Crippen molar-refractivity contribution in [2.24, 2.45) is 5.92 Å². The molecule has 0 amide bonds. The maximum atomic E-state index is 11.6. The first-order chi connectivity index (χ1) is 9.06. The summed E-state index contributed by atoms with van der Waals surface area (Å²) in [5, 5.41) is 0. The Morgan fingerprint density at radius 3 is 2.79 bits per heavy atom. The minimum Gasteiger partial charge on any atom is -0.497 e. The predicted octanol–water partition coefficient (Wildman–Crippen LogP) is 1.80.